The SMILES string of the molecule is Cc1nc(NC(=O)NCC#N)sc1C. The molecule has 74 valence electrons. The minimum absolute atomic E-state index is 0.00479. The number of hydrogen-bond acceptors (Lipinski definition) is 4. The smallest absolute Gasteiger partial charge is 0.321 e. The molecule has 0 saturated carbocycles. The Hall–Kier alpha value is -1.61. The number of nitrogens with zero attached hydrogens (tertiary/aromatic N) is 2. The molecule has 0 aliphatic heterocycles. The minimum atomic E-state index is -0.402. The summed E-state index contributed by atoms with van der Waals surface area (Å²) in [4.78, 5) is 16.3. The van der Waals surface area contributed by atoms with Gasteiger partial charge in [-0.15, -0.1) is 11.3 Å². The van der Waals surface area contributed by atoms with Gasteiger partial charge in [0.05, 0.1) is 11.8 Å². The first-order valence-corrected chi connectivity index (χ1v) is 4.81. The van der Waals surface area contributed by atoms with Gasteiger partial charge in [-0.25, -0.2) is 9.78 Å². The summed E-state index contributed by atoms with van der Waals surface area (Å²) in [6, 6.07) is 1.41. The van der Waals surface area contributed by atoms with Crippen molar-refractivity contribution in [3.05, 3.63) is 10.6 Å². The van der Waals surface area contributed by atoms with Gasteiger partial charge < -0.3 is 5.32 Å². The van der Waals surface area contributed by atoms with E-state index in [0.717, 1.165) is 10.6 Å². The molecule has 0 aromatic carbocycles. The summed E-state index contributed by atoms with van der Waals surface area (Å²) in [6.45, 7) is 3.81. The molecule has 6 heteroatoms. The lowest BCUT2D eigenvalue weighted by atomic mass is 10.4. The average Bonchev–Trinajstić information content (AvgIpc) is 2.42. The van der Waals surface area contributed by atoms with E-state index in [9.17, 15) is 4.79 Å². The van der Waals surface area contributed by atoms with E-state index in [4.69, 9.17) is 5.26 Å². The van der Waals surface area contributed by atoms with Gasteiger partial charge in [0.15, 0.2) is 5.13 Å². The van der Waals surface area contributed by atoms with Crippen LogP contribution in [-0.4, -0.2) is 17.6 Å². The molecule has 0 bridgehead atoms. The summed E-state index contributed by atoms with van der Waals surface area (Å²) in [7, 11) is 0. The summed E-state index contributed by atoms with van der Waals surface area (Å²) < 4.78 is 0. The largest absolute Gasteiger partial charge is 0.325 e. The molecular weight excluding hydrogens is 200 g/mol. The third-order valence-corrected chi connectivity index (χ3v) is 2.57. The molecule has 1 aromatic rings. The highest BCUT2D eigenvalue weighted by Gasteiger charge is 2.06. The van der Waals surface area contributed by atoms with Crippen molar-refractivity contribution >= 4 is 22.5 Å². The summed E-state index contributed by atoms with van der Waals surface area (Å²) in [6.07, 6.45) is 0. The number of anilines is 1. The second kappa shape index (κ2) is 4.58. The van der Waals surface area contributed by atoms with Crippen LogP contribution in [0.2, 0.25) is 0 Å². The van der Waals surface area contributed by atoms with Crippen LogP contribution in [0.5, 0.6) is 0 Å². The van der Waals surface area contributed by atoms with Gasteiger partial charge >= 0.3 is 6.03 Å². The molecule has 0 unspecified atom stereocenters. The molecule has 0 radical (unpaired) electrons. The predicted molar refractivity (Wildman–Crippen MR) is 54.2 cm³/mol. The summed E-state index contributed by atoms with van der Waals surface area (Å²) in [5.74, 6) is 0. The fraction of sp³-hybridized carbons (Fsp3) is 0.375. The molecule has 2 N–H and O–H groups in total. The molecule has 14 heavy (non-hydrogen) atoms. The molecule has 0 atom stereocenters. The Morgan fingerprint density at radius 3 is 2.86 bits per heavy atom. The summed E-state index contributed by atoms with van der Waals surface area (Å²) >= 11 is 1.41. The topological polar surface area (TPSA) is 77.8 Å². The van der Waals surface area contributed by atoms with Crippen LogP contribution in [0.25, 0.3) is 0 Å². The van der Waals surface area contributed by atoms with Gasteiger partial charge in [-0.05, 0) is 13.8 Å². The van der Waals surface area contributed by atoms with Crippen molar-refractivity contribution < 1.29 is 4.79 Å². The lowest BCUT2D eigenvalue weighted by Gasteiger charge is -1.99. The van der Waals surface area contributed by atoms with Crippen molar-refractivity contribution in [2.45, 2.75) is 13.8 Å². The fourth-order valence-corrected chi connectivity index (χ4v) is 1.60. The van der Waals surface area contributed by atoms with Gasteiger partial charge in [0.1, 0.15) is 6.54 Å². The Morgan fingerprint density at radius 2 is 2.36 bits per heavy atom. The van der Waals surface area contributed by atoms with Crippen LogP contribution in [0.4, 0.5) is 9.93 Å². The number of thiazole rings is 1. The average molecular weight is 210 g/mol. The number of aromatic nitrogens is 1. The van der Waals surface area contributed by atoms with Gasteiger partial charge in [-0.3, -0.25) is 5.32 Å². The number of aryl methyl sites for hydroxylation is 2. The third-order valence-electron chi connectivity index (χ3n) is 1.58. The predicted octanol–water partition coefficient (Wildman–Crippen LogP) is 1.41. The number of amides is 2. The van der Waals surface area contributed by atoms with Gasteiger partial charge in [0.2, 0.25) is 0 Å². The number of nitriles is 1. The molecule has 1 rings (SSSR count). The lowest BCUT2D eigenvalue weighted by molar-refractivity contribution is 0.253. The first-order chi connectivity index (χ1) is 6.63. The van der Waals surface area contributed by atoms with Crippen molar-refractivity contribution in [1.82, 2.24) is 10.3 Å². The van der Waals surface area contributed by atoms with Gasteiger partial charge in [0, 0.05) is 4.88 Å². The Labute approximate surface area is 85.8 Å². The molecule has 1 aromatic heterocycles. The Morgan fingerprint density at radius 1 is 1.64 bits per heavy atom. The van der Waals surface area contributed by atoms with Crippen molar-refractivity contribution in [3.8, 4) is 6.07 Å². The second-order valence-electron chi connectivity index (χ2n) is 2.63. The van der Waals surface area contributed by atoms with Crippen LogP contribution in [-0.2, 0) is 0 Å². The minimum Gasteiger partial charge on any atom is -0.325 e. The third kappa shape index (κ3) is 2.71. The molecular formula is C8H10N4OS. The maximum absolute atomic E-state index is 11.1. The zero-order valence-electron chi connectivity index (χ0n) is 7.92. The molecule has 0 aliphatic carbocycles. The van der Waals surface area contributed by atoms with E-state index in [0.29, 0.717) is 5.13 Å². The highest BCUT2D eigenvalue weighted by molar-refractivity contribution is 7.15. The van der Waals surface area contributed by atoms with E-state index in [-0.39, 0.29) is 6.54 Å². The van der Waals surface area contributed by atoms with E-state index in [1.54, 1.807) is 0 Å². The Kier molecular flexibility index (Phi) is 3.42. The van der Waals surface area contributed by atoms with E-state index in [1.807, 2.05) is 19.9 Å². The van der Waals surface area contributed by atoms with Crippen LogP contribution in [0.1, 0.15) is 10.6 Å². The number of nitrogens with one attached hydrogen (secondary N) is 2. The van der Waals surface area contributed by atoms with E-state index in [2.05, 4.69) is 15.6 Å². The van der Waals surface area contributed by atoms with Crippen LogP contribution in [0, 0.1) is 25.2 Å². The summed E-state index contributed by atoms with van der Waals surface area (Å²) in [5, 5.41) is 13.7. The highest BCUT2D eigenvalue weighted by Crippen LogP contribution is 2.20. The fourth-order valence-electron chi connectivity index (χ4n) is 0.787. The highest BCUT2D eigenvalue weighted by atomic mass is 32.1. The first-order valence-electron chi connectivity index (χ1n) is 3.99. The van der Waals surface area contributed by atoms with Crippen molar-refractivity contribution in [1.29, 1.82) is 5.26 Å². The van der Waals surface area contributed by atoms with E-state index < -0.39 is 6.03 Å². The van der Waals surface area contributed by atoms with Gasteiger partial charge in [-0.1, -0.05) is 0 Å². The zero-order chi connectivity index (χ0) is 10.6. The molecule has 0 spiro atoms. The standard InChI is InChI=1S/C8H10N4OS/c1-5-6(2)14-8(11-5)12-7(13)10-4-3-9/h4H2,1-2H3,(H2,10,11,12,13). The van der Waals surface area contributed by atoms with Crippen LogP contribution in [0.3, 0.4) is 0 Å². The lowest BCUT2D eigenvalue weighted by Crippen LogP contribution is -2.28. The van der Waals surface area contributed by atoms with Crippen molar-refractivity contribution in [3.63, 3.8) is 0 Å². The van der Waals surface area contributed by atoms with E-state index in [1.165, 1.54) is 11.3 Å². The molecule has 0 fully saturated rings. The van der Waals surface area contributed by atoms with Gasteiger partial charge in [-0.2, -0.15) is 5.26 Å². The monoisotopic (exact) mass is 210 g/mol. The van der Waals surface area contributed by atoms with Crippen molar-refractivity contribution in [2.75, 3.05) is 11.9 Å². The van der Waals surface area contributed by atoms with Gasteiger partial charge in [0.25, 0.3) is 0 Å². The van der Waals surface area contributed by atoms with Crippen LogP contribution >= 0.6 is 11.3 Å². The maximum atomic E-state index is 11.1. The molecule has 2 amide bonds. The summed E-state index contributed by atoms with van der Waals surface area (Å²) in [5.41, 5.74) is 0.908. The number of carbonyl (C=O) groups is 1. The number of rotatable bonds is 2. The quantitative estimate of drug-likeness (QED) is 0.724. The van der Waals surface area contributed by atoms with Crippen LogP contribution in [0.15, 0.2) is 0 Å². The zero-order valence-corrected chi connectivity index (χ0v) is 8.73. The first kappa shape index (κ1) is 10.5. The molecule has 0 aliphatic rings. The molecule has 1 heterocycles. The molecule has 0 saturated heterocycles. The van der Waals surface area contributed by atoms with Crippen molar-refractivity contribution in [2.24, 2.45) is 0 Å². The number of hydrogen-bond donors (Lipinski definition) is 2. The normalized spacial score (nSPS) is 9.21. The number of urea groups is 1. The Bertz CT molecular complexity index is 360. The Balaban J connectivity index is 2.53. The second-order valence-corrected chi connectivity index (χ2v) is 3.83. The number of carbonyl (C=O) groups excluding carboxylic acids is 1. The molecule has 5 nitrogen and oxygen atoms in total. The van der Waals surface area contributed by atoms with E-state index >= 15 is 0 Å². The van der Waals surface area contributed by atoms with Crippen LogP contribution < -0.4 is 10.6 Å². The maximum Gasteiger partial charge on any atom is 0.321 e.